The van der Waals surface area contributed by atoms with Gasteiger partial charge in [0, 0.05) is 21.8 Å². The van der Waals surface area contributed by atoms with Crippen molar-refractivity contribution in [3.8, 4) is 5.75 Å². The van der Waals surface area contributed by atoms with Gasteiger partial charge in [-0.1, -0.05) is 35.3 Å². The van der Waals surface area contributed by atoms with Gasteiger partial charge < -0.3 is 4.74 Å². The maximum atomic E-state index is 13.0. The second-order valence-electron chi connectivity index (χ2n) is 5.61. The van der Waals surface area contributed by atoms with Crippen LogP contribution in [-0.4, -0.2) is 35.8 Å². The summed E-state index contributed by atoms with van der Waals surface area (Å²) in [6, 6.07) is 11.9. The zero-order chi connectivity index (χ0) is 18.9. The average molecular weight is 361 g/mol. The van der Waals surface area contributed by atoms with E-state index in [1.807, 2.05) is 0 Å². The van der Waals surface area contributed by atoms with Gasteiger partial charge in [0.1, 0.15) is 17.0 Å². The molecule has 1 heterocycles. The minimum absolute atomic E-state index is 0.0519. The number of rotatable bonds is 5. The van der Waals surface area contributed by atoms with Crippen molar-refractivity contribution in [3.05, 3.63) is 65.2 Å². The van der Waals surface area contributed by atoms with Crippen molar-refractivity contribution < 1.29 is 28.0 Å². The highest BCUT2D eigenvalue weighted by molar-refractivity contribution is 5.92. The van der Waals surface area contributed by atoms with E-state index in [-0.39, 0.29) is 5.75 Å². The first-order valence-electron chi connectivity index (χ1n) is 7.55. The molecule has 2 aromatic carbocycles. The highest BCUT2D eigenvalue weighted by Gasteiger charge is 2.56. The van der Waals surface area contributed by atoms with E-state index in [2.05, 4.69) is 9.85 Å². The van der Waals surface area contributed by atoms with Crippen LogP contribution in [0.2, 0.25) is 0 Å². The van der Waals surface area contributed by atoms with Gasteiger partial charge in [0.05, 0.1) is 7.05 Å². The van der Waals surface area contributed by atoms with E-state index in [9.17, 15) is 18.4 Å². The van der Waals surface area contributed by atoms with Crippen LogP contribution in [0, 0.1) is 0 Å². The molecule has 1 atom stereocenters. The van der Waals surface area contributed by atoms with E-state index in [1.54, 1.807) is 18.2 Å². The molecule has 0 saturated heterocycles. The van der Waals surface area contributed by atoms with Crippen LogP contribution in [0.5, 0.6) is 5.75 Å². The quantitative estimate of drug-likeness (QED) is 0.502. The Morgan fingerprint density at radius 2 is 1.92 bits per heavy atom. The van der Waals surface area contributed by atoms with Crippen molar-refractivity contribution in [2.45, 2.75) is 12.2 Å². The number of alkyl halides is 2. The minimum Gasteiger partial charge on any atom is -0.435 e. The number of ether oxygens (including phenoxy) is 1. The van der Waals surface area contributed by atoms with Crippen LogP contribution in [0.25, 0.3) is 0 Å². The maximum absolute atomic E-state index is 13.0. The molecule has 0 fully saturated rings. The number of hydrogen-bond acceptors (Lipinski definition) is 5. The molecule has 2 N–H and O–H groups in total. The molecule has 1 amide bonds. The highest BCUT2D eigenvalue weighted by Crippen LogP contribution is 2.39. The second kappa shape index (κ2) is 6.51. The van der Waals surface area contributed by atoms with Crippen molar-refractivity contribution in [2.24, 2.45) is 11.0 Å². The van der Waals surface area contributed by atoms with Crippen LogP contribution < -0.4 is 10.6 Å². The number of nitrogens with zero attached hydrogens (tertiary/aromatic N) is 3. The van der Waals surface area contributed by atoms with Crippen LogP contribution in [0.3, 0.4) is 0 Å². The molecule has 3 rings (SSSR count). The number of amides is 1. The third-order valence-electron chi connectivity index (χ3n) is 4.10. The zero-order valence-electron chi connectivity index (χ0n) is 13.7. The summed E-state index contributed by atoms with van der Waals surface area (Å²) in [5, 5.41) is 5.39. The number of carbonyl (C=O) groups excluding carboxylic acids is 2. The van der Waals surface area contributed by atoms with E-state index < -0.39 is 18.1 Å². The fourth-order valence-electron chi connectivity index (χ4n) is 2.83. The van der Waals surface area contributed by atoms with Gasteiger partial charge in [0.2, 0.25) is 0 Å². The lowest BCUT2D eigenvalue weighted by molar-refractivity contribution is -0.722. The smallest absolute Gasteiger partial charge is 0.387 e. The van der Waals surface area contributed by atoms with Crippen molar-refractivity contribution in [2.75, 3.05) is 7.05 Å². The lowest BCUT2D eigenvalue weighted by atomic mass is 9.82. The monoisotopic (exact) mass is 361 g/mol. The van der Waals surface area contributed by atoms with Gasteiger partial charge in [-0.05, 0) is 18.2 Å². The van der Waals surface area contributed by atoms with E-state index >= 15 is 0 Å². The number of nitrogens with two attached hydrogens (primary N) is 1. The number of hydrazine groups is 2. The summed E-state index contributed by atoms with van der Waals surface area (Å²) in [7, 11) is 1.45. The summed E-state index contributed by atoms with van der Waals surface area (Å²) in [6.07, 6.45) is 0.653. The molecule has 0 radical (unpaired) electrons. The Morgan fingerprint density at radius 1 is 1.23 bits per heavy atom. The van der Waals surface area contributed by atoms with Gasteiger partial charge in [-0.3, -0.25) is 9.59 Å². The van der Waals surface area contributed by atoms with E-state index in [0.29, 0.717) is 23.0 Å². The summed E-state index contributed by atoms with van der Waals surface area (Å²) in [4.78, 5) is 25.0. The molecule has 134 valence electrons. The molecule has 1 aliphatic rings. The SMILES string of the molecule is CN1C(=O)C(c2ccc(OC(F)F)cc2)(c2cccc(C=O)c2)N=[N+]1N. The van der Waals surface area contributed by atoms with Gasteiger partial charge in [-0.2, -0.15) is 14.6 Å². The zero-order valence-corrected chi connectivity index (χ0v) is 13.7. The van der Waals surface area contributed by atoms with Crippen LogP contribution in [0.15, 0.2) is 53.6 Å². The van der Waals surface area contributed by atoms with Crippen molar-refractivity contribution >= 4 is 12.2 Å². The minimum atomic E-state index is -2.96. The second-order valence-corrected chi connectivity index (χ2v) is 5.61. The normalized spacial score (nSPS) is 19.6. The molecular formula is C17H15F2N4O3+. The molecule has 0 aromatic heterocycles. The summed E-state index contributed by atoms with van der Waals surface area (Å²) < 4.78 is 29.0. The van der Waals surface area contributed by atoms with E-state index in [1.165, 1.54) is 37.4 Å². The Balaban J connectivity index is 2.16. The Morgan fingerprint density at radius 3 is 2.46 bits per heavy atom. The van der Waals surface area contributed by atoms with Gasteiger partial charge >= 0.3 is 12.5 Å². The molecule has 1 aliphatic heterocycles. The van der Waals surface area contributed by atoms with Gasteiger partial charge in [0.15, 0.2) is 0 Å². The molecule has 0 bridgehead atoms. The van der Waals surface area contributed by atoms with Crippen LogP contribution in [-0.2, 0) is 10.3 Å². The predicted molar refractivity (Wildman–Crippen MR) is 85.3 cm³/mol. The standard InChI is InChI=1S/C17H15F2N4O3/c1-22-15(25)17(21-23(22)20,13-4-2-3-11(9-13)10-24)12-5-7-14(8-6-12)26-16(18)19/h2-10,16H,1H3,(H2,20,21)/q+1. The number of benzene rings is 2. The van der Waals surface area contributed by atoms with Gasteiger partial charge in [-0.25, -0.2) is 0 Å². The van der Waals surface area contributed by atoms with Crippen LogP contribution in [0.4, 0.5) is 8.78 Å². The van der Waals surface area contributed by atoms with Gasteiger partial charge in [-0.15, -0.1) is 0 Å². The third kappa shape index (κ3) is 2.77. The molecule has 0 saturated carbocycles. The molecule has 2 aromatic rings. The average Bonchev–Trinajstić information content (AvgIpc) is 2.87. The fourth-order valence-corrected chi connectivity index (χ4v) is 2.83. The van der Waals surface area contributed by atoms with Crippen molar-refractivity contribution in [1.82, 2.24) is 5.01 Å². The Bertz CT molecular complexity index is 886. The number of carbonyl (C=O) groups is 2. The first-order chi connectivity index (χ1) is 12.4. The number of hydrogen-bond donors (Lipinski definition) is 1. The van der Waals surface area contributed by atoms with Crippen LogP contribution >= 0.6 is 0 Å². The first kappa shape index (κ1) is 17.5. The summed E-state index contributed by atoms with van der Waals surface area (Å²) in [5.41, 5.74) is -0.353. The lowest BCUT2D eigenvalue weighted by Crippen LogP contribution is -2.41. The Hall–Kier alpha value is -3.36. The van der Waals surface area contributed by atoms with Gasteiger partial charge in [0.25, 0.3) is 5.54 Å². The predicted octanol–water partition coefficient (Wildman–Crippen LogP) is 2.07. The number of likely N-dealkylation sites (N-methyl/N-ethyl adjacent to an activating group) is 1. The summed E-state index contributed by atoms with van der Waals surface area (Å²) in [6.45, 7) is -2.96. The molecular weight excluding hydrogens is 346 g/mol. The van der Waals surface area contributed by atoms with E-state index in [4.69, 9.17) is 5.84 Å². The number of aldehydes is 1. The summed E-state index contributed by atoms with van der Waals surface area (Å²) in [5.74, 6) is 5.26. The topological polar surface area (TPSA) is 88.0 Å². The lowest BCUT2D eigenvalue weighted by Gasteiger charge is -2.21. The molecule has 9 heteroatoms. The van der Waals surface area contributed by atoms with Crippen LogP contribution in [0.1, 0.15) is 21.5 Å². The third-order valence-corrected chi connectivity index (χ3v) is 4.10. The maximum Gasteiger partial charge on any atom is 0.387 e. The largest absolute Gasteiger partial charge is 0.435 e. The van der Waals surface area contributed by atoms with Crippen molar-refractivity contribution in [1.29, 1.82) is 0 Å². The first-order valence-corrected chi connectivity index (χ1v) is 7.55. The molecule has 1 unspecified atom stereocenters. The number of halogens is 2. The molecule has 0 aliphatic carbocycles. The van der Waals surface area contributed by atoms with E-state index in [0.717, 1.165) is 9.92 Å². The fraction of sp³-hybridized carbons (Fsp3) is 0.176. The molecule has 26 heavy (non-hydrogen) atoms. The Kier molecular flexibility index (Phi) is 4.37. The Labute approximate surface area is 147 Å². The molecule has 7 nitrogen and oxygen atoms in total. The van der Waals surface area contributed by atoms with Crippen molar-refractivity contribution in [3.63, 3.8) is 0 Å². The highest BCUT2D eigenvalue weighted by atomic mass is 19.3. The summed E-state index contributed by atoms with van der Waals surface area (Å²) >= 11 is 0. The molecule has 0 spiro atoms.